The number of aromatic nitrogens is 3. The number of rotatable bonds is 5. The molecular formula is C17H12ClF4N5. The van der Waals surface area contributed by atoms with Crippen LogP contribution in [0, 0.1) is 30.5 Å². The second kappa shape index (κ2) is 7.75. The fraction of sp³-hybridized carbons (Fsp3) is 0.118. The lowest BCUT2D eigenvalue weighted by Crippen LogP contribution is -2.06. The van der Waals surface area contributed by atoms with Gasteiger partial charge < -0.3 is 0 Å². The van der Waals surface area contributed by atoms with Crippen molar-refractivity contribution in [2.75, 3.05) is 5.43 Å². The van der Waals surface area contributed by atoms with Crippen molar-refractivity contribution >= 4 is 23.5 Å². The summed E-state index contributed by atoms with van der Waals surface area (Å²) in [5.41, 5.74) is 2.69. The molecule has 0 fully saturated rings. The Kier molecular flexibility index (Phi) is 5.41. The summed E-state index contributed by atoms with van der Waals surface area (Å²) in [6, 6.07) is 9.44. The molecule has 3 rings (SSSR count). The number of aryl methyl sites for hydroxylation is 1. The van der Waals surface area contributed by atoms with E-state index in [1.54, 1.807) is 6.92 Å². The number of nitrogens with zero attached hydrogens (tertiary/aromatic N) is 4. The number of hydrogen-bond donors (Lipinski definition) is 1. The first-order valence-electron chi connectivity index (χ1n) is 7.64. The Morgan fingerprint density at radius 2 is 1.74 bits per heavy atom. The average molecular weight is 398 g/mol. The smallest absolute Gasteiger partial charge is 0.254 e. The van der Waals surface area contributed by atoms with Gasteiger partial charge in [-0.05, 0) is 12.5 Å². The van der Waals surface area contributed by atoms with E-state index in [2.05, 4.69) is 15.2 Å². The van der Waals surface area contributed by atoms with Crippen LogP contribution in [0.4, 0.5) is 23.2 Å². The zero-order valence-electron chi connectivity index (χ0n) is 13.8. The van der Waals surface area contributed by atoms with Crippen LogP contribution in [0.1, 0.15) is 16.8 Å². The van der Waals surface area contributed by atoms with E-state index >= 15 is 0 Å². The quantitative estimate of drug-likeness (QED) is 0.302. The SMILES string of the molecule is Cc1nn(Cc2ccccc2)c(Cl)c1/C=N\Nc1c(F)c(F)nc(F)c1F. The van der Waals surface area contributed by atoms with Crippen LogP contribution in [-0.4, -0.2) is 21.0 Å². The van der Waals surface area contributed by atoms with Gasteiger partial charge in [0, 0.05) is 0 Å². The highest BCUT2D eigenvalue weighted by atomic mass is 35.5. The minimum atomic E-state index is -1.78. The molecule has 1 N–H and O–H groups in total. The standard InChI is InChI=1S/C17H12ClF4N5/c1-9-11(15(18)27(26-9)8-10-5-3-2-4-6-10)7-23-25-14-12(19)16(21)24-17(22)13(14)20/h2-7H,8H2,1H3,(H,24,25)/b23-7-. The van der Waals surface area contributed by atoms with Crippen molar-refractivity contribution in [2.45, 2.75) is 13.5 Å². The molecule has 0 atom stereocenters. The molecule has 0 radical (unpaired) electrons. The molecule has 0 aliphatic rings. The van der Waals surface area contributed by atoms with Gasteiger partial charge >= 0.3 is 0 Å². The summed E-state index contributed by atoms with van der Waals surface area (Å²) >= 11 is 6.28. The third kappa shape index (κ3) is 3.92. The van der Waals surface area contributed by atoms with Gasteiger partial charge in [0.15, 0.2) is 0 Å². The van der Waals surface area contributed by atoms with E-state index in [9.17, 15) is 17.6 Å². The van der Waals surface area contributed by atoms with Gasteiger partial charge in [-0.3, -0.25) is 5.43 Å². The molecule has 140 valence electrons. The Balaban J connectivity index is 1.83. The Labute approximate surface area is 156 Å². The number of nitrogens with one attached hydrogen (secondary N) is 1. The number of halogens is 5. The first-order chi connectivity index (χ1) is 12.9. The van der Waals surface area contributed by atoms with Gasteiger partial charge in [-0.1, -0.05) is 41.9 Å². The zero-order valence-corrected chi connectivity index (χ0v) is 14.6. The van der Waals surface area contributed by atoms with Gasteiger partial charge in [-0.2, -0.15) is 32.7 Å². The van der Waals surface area contributed by atoms with Gasteiger partial charge in [-0.25, -0.2) is 4.68 Å². The summed E-state index contributed by atoms with van der Waals surface area (Å²) in [6.45, 7) is 2.08. The molecule has 10 heteroatoms. The lowest BCUT2D eigenvalue weighted by Gasteiger charge is -2.05. The molecule has 0 spiro atoms. The van der Waals surface area contributed by atoms with E-state index in [0.29, 0.717) is 17.8 Å². The van der Waals surface area contributed by atoms with Crippen molar-refractivity contribution in [3.8, 4) is 0 Å². The highest BCUT2D eigenvalue weighted by Crippen LogP contribution is 2.23. The molecule has 3 aromatic rings. The lowest BCUT2D eigenvalue weighted by atomic mass is 10.2. The van der Waals surface area contributed by atoms with Crippen LogP contribution >= 0.6 is 11.6 Å². The minimum absolute atomic E-state index is 0.245. The van der Waals surface area contributed by atoms with Gasteiger partial charge in [-0.15, -0.1) is 0 Å². The molecule has 2 heterocycles. The van der Waals surface area contributed by atoms with Crippen molar-refractivity contribution in [2.24, 2.45) is 5.10 Å². The molecule has 0 saturated carbocycles. The van der Waals surface area contributed by atoms with E-state index in [-0.39, 0.29) is 5.15 Å². The predicted octanol–water partition coefficient (Wildman–Crippen LogP) is 4.29. The van der Waals surface area contributed by atoms with Crippen LogP contribution in [0.5, 0.6) is 0 Å². The molecule has 0 bridgehead atoms. The Bertz CT molecular complexity index is 978. The van der Waals surface area contributed by atoms with E-state index in [4.69, 9.17) is 11.6 Å². The Hall–Kier alpha value is -2.94. The summed E-state index contributed by atoms with van der Waals surface area (Å²) in [4.78, 5) is 2.46. The first kappa shape index (κ1) is 18.8. The summed E-state index contributed by atoms with van der Waals surface area (Å²) in [5, 5.41) is 8.13. The monoisotopic (exact) mass is 397 g/mol. The molecule has 0 aliphatic heterocycles. The van der Waals surface area contributed by atoms with Crippen LogP contribution in [0.2, 0.25) is 5.15 Å². The maximum absolute atomic E-state index is 13.6. The molecule has 1 aromatic carbocycles. The van der Waals surface area contributed by atoms with Gasteiger partial charge in [0.05, 0.1) is 24.0 Å². The lowest BCUT2D eigenvalue weighted by molar-refractivity contribution is 0.411. The summed E-state index contributed by atoms with van der Waals surface area (Å²) < 4.78 is 54.8. The van der Waals surface area contributed by atoms with Gasteiger partial charge in [0.2, 0.25) is 11.6 Å². The molecular weight excluding hydrogens is 386 g/mol. The van der Waals surface area contributed by atoms with Gasteiger partial charge in [0.25, 0.3) is 11.9 Å². The second-order valence-corrected chi connectivity index (χ2v) is 5.86. The molecule has 2 aromatic heterocycles. The van der Waals surface area contributed by atoms with Crippen LogP contribution in [0.15, 0.2) is 35.4 Å². The van der Waals surface area contributed by atoms with E-state index in [1.807, 2.05) is 35.8 Å². The number of benzene rings is 1. The number of hydrazone groups is 1. The second-order valence-electron chi connectivity index (χ2n) is 5.50. The number of pyridine rings is 1. The fourth-order valence-corrected chi connectivity index (χ4v) is 2.60. The molecule has 0 amide bonds. The largest absolute Gasteiger partial charge is 0.272 e. The molecule has 0 unspecified atom stereocenters. The van der Waals surface area contributed by atoms with Gasteiger partial charge in [0.1, 0.15) is 10.8 Å². The fourth-order valence-electron chi connectivity index (χ4n) is 2.32. The molecule has 0 aliphatic carbocycles. The summed E-state index contributed by atoms with van der Waals surface area (Å²) in [7, 11) is 0. The van der Waals surface area contributed by atoms with Crippen molar-refractivity contribution in [1.82, 2.24) is 14.8 Å². The zero-order chi connectivity index (χ0) is 19.6. The maximum atomic E-state index is 13.6. The topological polar surface area (TPSA) is 55.1 Å². The van der Waals surface area contributed by atoms with E-state index in [0.717, 1.165) is 11.8 Å². The number of anilines is 1. The Morgan fingerprint density at radius 3 is 2.37 bits per heavy atom. The van der Waals surface area contributed by atoms with Crippen molar-refractivity contribution in [1.29, 1.82) is 0 Å². The normalized spacial score (nSPS) is 11.3. The van der Waals surface area contributed by atoms with Crippen LogP contribution < -0.4 is 5.43 Å². The minimum Gasteiger partial charge on any atom is -0.272 e. The highest BCUT2D eigenvalue weighted by molar-refractivity contribution is 6.32. The van der Waals surface area contributed by atoms with E-state index in [1.165, 1.54) is 4.68 Å². The molecule has 5 nitrogen and oxygen atoms in total. The highest BCUT2D eigenvalue weighted by Gasteiger charge is 2.20. The summed E-state index contributed by atoms with van der Waals surface area (Å²) in [5.74, 6) is -6.93. The Morgan fingerprint density at radius 1 is 1.11 bits per heavy atom. The van der Waals surface area contributed by atoms with Crippen LogP contribution in [0.25, 0.3) is 0 Å². The predicted molar refractivity (Wildman–Crippen MR) is 92.8 cm³/mol. The summed E-state index contributed by atoms with van der Waals surface area (Å²) in [6.07, 6.45) is 1.15. The number of hydrogen-bond acceptors (Lipinski definition) is 4. The third-order valence-corrected chi connectivity index (χ3v) is 4.05. The molecule has 0 saturated heterocycles. The molecule has 27 heavy (non-hydrogen) atoms. The van der Waals surface area contributed by atoms with E-state index < -0.39 is 29.2 Å². The van der Waals surface area contributed by atoms with Crippen LogP contribution in [0.3, 0.4) is 0 Å². The average Bonchev–Trinajstić information content (AvgIpc) is 2.91. The van der Waals surface area contributed by atoms with Crippen molar-refractivity contribution in [3.63, 3.8) is 0 Å². The van der Waals surface area contributed by atoms with Crippen molar-refractivity contribution in [3.05, 3.63) is 75.8 Å². The first-order valence-corrected chi connectivity index (χ1v) is 8.02. The third-order valence-electron chi connectivity index (χ3n) is 3.65. The van der Waals surface area contributed by atoms with Crippen molar-refractivity contribution < 1.29 is 17.6 Å². The maximum Gasteiger partial charge on any atom is 0.254 e. The van der Waals surface area contributed by atoms with Crippen LogP contribution in [-0.2, 0) is 6.54 Å².